The quantitative estimate of drug-likeness (QED) is 0.725. The van der Waals surface area contributed by atoms with E-state index in [9.17, 15) is 4.79 Å². The molecule has 126 valence electrons. The molecule has 0 spiro atoms. The number of anilines is 1. The second-order valence-corrected chi connectivity index (χ2v) is 5.68. The zero-order valence-electron chi connectivity index (χ0n) is 13.9. The smallest absolute Gasteiger partial charge is 0.254 e. The third-order valence-corrected chi connectivity index (χ3v) is 3.66. The first kappa shape index (κ1) is 16.6. The second-order valence-electron chi connectivity index (χ2n) is 5.68. The summed E-state index contributed by atoms with van der Waals surface area (Å²) in [5.41, 5.74) is 3.71. The molecular weight excluding hydrogens is 314 g/mol. The molecule has 3 aromatic rings. The molecule has 0 saturated heterocycles. The maximum Gasteiger partial charge on any atom is 0.254 e. The fourth-order valence-corrected chi connectivity index (χ4v) is 2.21. The lowest BCUT2D eigenvalue weighted by Gasteiger charge is -2.07. The Bertz CT molecular complexity index is 817. The van der Waals surface area contributed by atoms with Crippen molar-refractivity contribution >= 4 is 11.9 Å². The van der Waals surface area contributed by atoms with Crippen LogP contribution in [0.15, 0.2) is 61.2 Å². The van der Waals surface area contributed by atoms with Gasteiger partial charge in [-0.15, -0.1) is 0 Å². The van der Waals surface area contributed by atoms with Crippen molar-refractivity contribution in [1.82, 2.24) is 20.3 Å². The van der Waals surface area contributed by atoms with Gasteiger partial charge in [-0.05, 0) is 24.1 Å². The van der Waals surface area contributed by atoms with Crippen LogP contribution in [-0.2, 0) is 13.1 Å². The predicted molar refractivity (Wildman–Crippen MR) is 95.9 cm³/mol. The van der Waals surface area contributed by atoms with E-state index >= 15 is 0 Å². The monoisotopic (exact) mass is 333 g/mol. The van der Waals surface area contributed by atoms with Crippen molar-refractivity contribution in [3.05, 3.63) is 83.4 Å². The summed E-state index contributed by atoms with van der Waals surface area (Å²) >= 11 is 0. The van der Waals surface area contributed by atoms with Gasteiger partial charge in [-0.2, -0.15) is 0 Å². The van der Waals surface area contributed by atoms with Crippen LogP contribution in [0.2, 0.25) is 0 Å². The number of hydrogen-bond acceptors (Lipinski definition) is 5. The van der Waals surface area contributed by atoms with Crippen molar-refractivity contribution in [2.45, 2.75) is 20.0 Å². The van der Waals surface area contributed by atoms with Gasteiger partial charge in [0, 0.05) is 37.9 Å². The van der Waals surface area contributed by atoms with Crippen LogP contribution in [-0.4, -0.2) is 20.9 Å². The van der Waals surface area contributed by atoms with Crippen LogP contribution in [0.25, 0.3) is 0 Å². The molecule has 3 rings (SSSR count). The number of carbonyl (C=O) groups excluding carboxylic acids is 1. The molecule has 0 aliphatic heterocycles. The van der Waals surface area contributed by atoms with Crippen LogP contribution in [0.1, 0.15) is 27.0 Å². The maximum absolute atomic E-state index is 12.2. The molecule has 25 heavy (non-hydrogen) atoms. The number of pyridine rings is 1. The summed E-state index contributed by atoms with van der Waals surface area (Å²) in [5.74, 6) is 0.276. The molecule has 6 nitrogen and oxygen atoms in total. The minimum atomic E-state index is -0.195. The van der Waals surface area contributed by atoms with Crippen LogP contribution < -0.4 is 10.6 Å². The first-order valence-electron chi connectivity index (χ1n) is 7.99. The number of aromatic nitrogens is 3. The standard InChI is InChI=1S/C19H19N5O/c1-14-4-6-15(7-5-14)10-21-18(25)17-12-23-19(24-13-17)22-11-16-3-2-8-20-9-16/h2-9,12-13H,10-11H2,1H3,(H,21,25)(H,22,23,24). The maximum atomic E-state index is 12.2. The Morgan fingerprint density at radius 2 is 1.72 bits per heavy atom. The molecule has 0 bridgehead atoms. The molecular formula is C19H19N5O. The number of carbonyl (C=O) groups is 1. The fourth-order valence-electron chi connectivity index (χ4n) is 2.21. The van der Waals surface area contributed by atoms with Gasteiger partial charge < -0.3 is 10.6 Å². The van der Waals surface area contributed by atoms with Crippen molar-refractivity contribution in [1.29, 1.82) is 0 Å². The third kappa shape index (κ3) is 4.84. The Labute approximate surface area is 146 Å². The van der Waals surface area contributed by atoms with E-state index in [0.29, 0.717) is 24.6 Å². The van der Waals surface area contributed by atoms with E-state index in [4.69, 9.17) is 0 Å². The molecule has 2 aromatic heterocycles. The van der Waals surface area contributed by atoms with E-state index in [1.54, 1.807) is 12.4 Å². The average molecular weight is 333 g/mol. The molecule has 2 heterocycles. The van der Waals surface area contributed by atoms with Gasteiger partial charge in [-0.1, -0.05) is 35.9 Å². The molecule has 0 saturated carbocycles. The van der Waals surface area contributed by atoms with Crippen molar-refractivity contribution in [2.75, 3.05) is 5.32 Å². The van der Waals surface area contributed by atoms with Crippen molar-refractivity contribution in [3.63, 3.8) is 0 Å². The summed E-state index contributed by atoms with van der Waals surface area (Å²) in [6.07, 6.45) is 6.54. The van der Waals surface area contributed by atoms with E-state index in [1.165, 1.54) is 18.0 Å². The normalized spacial score (nSPS) is 10.3. The van der Waals surface area contributed by atoms with Crippen molar-refractivity contribution in [3.8, 4) is 0 Å². The first-order chi connectivity index (χ1) is 12.2. The van der Waals surface area contributed by atoms with Crippen molar-refractivity contribution in [2.24, 2.45) is 0 Å². The van der Waals surface area contributed by atoms with E-state index < -0.39 is 0 Å². The molecule has 0 radical (unpaired) electrons. The molecule has 1 amide bonds. The Morgan fingerprint density at radius 3 is 2.40 bits per heavy atom. The Balaban J connectivity index is 1.52. The van der Waals surface area contributed by atoms with E-state index in [1.807, 2.05) is 43.3 Å². The summed E-state index contributed by atoms with van der Waals surface area (Å²) in [4.78, 5) is 24.6. The Hall–Kier alpha value is -3.28. The van der Waals surface area contributed by atoms with Gasteiger partial charge in [-0.25, -0.2) is 9.97 Å². The van der Waals surface area contributed by atoms with Crippen LogP contribution in [0.3, 0.4) is 0 Å². The lowest BCUT2D eigenvalue weighted by Crippen LogP contribution is -2.23. The molecule has 0 aliphatic carbocycles. The summed E-state index contributed by atoms with van der Waals surface area (Å²) in [6.45, 7) is 3.08. The number of nitrogens with zero attached hydrogens (tertiary/aromatic N) is 3. The van der Waals surface area contributed by atoms with Crippen LogP contribution >= 0.6 is 0 Å². The number of rotatable bonds is 6. The summed E-state index contributed by atoms with van der Waals surface area (Å²) in [6, 6.07) is 11.9. The number of aryl methyl sites for hydroxylation is 1. The van der Waals surface area contributed by atoms with E-state index in [2.05, 4.69) is 25.6 Å². The highest BCUT2D eigenvalue weighted by molar-refractivity contribution is 5.93. The van der Waals surface area contributed by atoms with Gasteiger partial charge in [0.15, 0.2) is 0 Å². The lowest BCUT2D eigenvalue weighted by atomic mass is 10.1. The van der Waals surface area contributed by atoms with E-state index in [-0.39, 0.29) is 5.91 Å². The van der Waals surface area contributed by atoms with Gasteiger partial charge in [0.05, 0.1) is 5.56 Å². The molecule has 1 aromatic carbocycles. The summed E-state index contributed by atoms with van der Waals surface area (Å²) in [7, 11) is 0. The third-order valence-electron chi connectivity index (χ3n) is 3.66. The largest absolute Gasteiger partial charge is 0.350 e. The molecule has 6 heteroatoms. The number of hydrogen-bond donors (Lipinski definition) is 2. The highest BCUT2D eigenvalue weighted by Gasteiger charge is 2.07. The second kappa shape index (κ2) is 8.01. The number of benzene rings is 1. The highest BCUT2D eigenvalue weighted by Crippen LogP contribution is 2.05. The topological polar surface area (TPSA) is 79.8 Å². The SMILES string of the molecule is Cc1ccc(CNC(=O)c2cnc(NCc3cccnc3)nc2)cc1. The minimum Gasteiger partial charge on any atom is -0.350 e. The highest BCUT2D eigenvalue weighted by atomic mass is 16.1. The Morgan fingerprint density at radius 1 is 0.960 bits per heavy atom. The van der Waals surface area contributed by atoms with Crippen LogP contribution in [0.4, 0.5) is 5.95 Å². The zero-order valence-corrected chi connectivity index (χ0v) is 13.9. The first-order valence-corrected chi connectivity index (χ1v) is 7.99. The van der Waals surface area contributed by atoms with Gasteiger partial charge in [0.2, 0.25) is 5.95 Å². The molecule has 0 aliphatic rings. The summed E-state index contributed by atoms with van der Waals surface area (Å²) in [5, 5.41) is 5.96. The van der Waals surface area contributed by atoms with E-state index in [0.717, 1.165) is 11.1 Å². The molecule has 2 N–H and O–H groups in total. The minimum absolute atomic E-state index is 0.195. The number of nitrogens with one attached hydrogen (secondary N) is 2. The summed E-state index contributed by atoms with van der Waals surface area (Å²) < 4.78 is 0. The average Bonchev–Trinajstić information content (AvgIpc) is 2.67. The van der Waals surface area contributed by atoms with Crippen LogP contribution in [0, 0.1) is 6.92 Å². The van der Waals surface area contributed by atoms with Gasteiger partial charge >= 0.3 is 0 Å². The predicted octanol–water partition coefficient (Wildman–Crippen LogP) is 2.72. The number of amides is 1. The zero-order chi connectivity index (χ0) is 17.5. The Kier molecular flexibility index (Phi) is 5.31. The van der Waals surface area contributed by atoms with Gasteiger partial charge in [0.25, 0.3) is 5.91 Å². The fraction of sp³-hybridized carbons (Fsp3) is 0.158. The molecule has 0 fully saturated rings. The van der Waals surface area contributed by atoms with Gasteiger partial charge in [-0.3, -0.25) is 9.78 Å². The van der Waals surface area contributed by atoms with Gasteiger partial charge in [0.1, 0.15) is 0 Å². The molecule has 0 atom stereocenters. The lowest BCUT2D eigenvalue weighted by molar-refractivity contribution is 0.0950. The van der Waals surface area contributed by atoms with Crippen LogP contribution in [0.5, 0.6) is 0 Å². The molecule has 0 unspecified atom stereocenters. The van der Waals surface area contributed by atoms with Crippen molar-refractivity contribution < 1.29 is 4.79 Å².